The molecule has 0 bridgehead atoms. The zero-order valence-corrected chi connectivity index (χ0v) is 16.1. The monoisotopic (exact) mass is 387 g/mol. The van der Waals surface area contributed by atoms with Crippen molar-refractivity contribution >= 4 is 35.1 Å². The molecule has 2 aliphatic heterocycles. The normalized spacial score (nSPS) is 21.1. The van der Waals surface area contributed by atoms with Crippen molar-refractivity contribution in [1.82, 2.24) is 4.90 Å². The van der Waals surface area contributed by atoms with E-state index in [-0.39, 0.29) is 36.0 Å². The summed E-state index contributed by atoms with van der Waals surface area (Å²) in [7, 11) is 0. The summed E-state index contributed by atoms with van der Waals surface area (Å²) in [5.41, 5.74) is 1.10. The van der Waals surface area contributed by atoms with Gasteiger partial charge in [-0.05, 0) is 57.1 Å². The maximum Gasteiger partial charge on any atom is 0.309 e. The predicted molar refractivity (Wildman–Crippen MR) is 103 cm³/mol. The number of esters is 1. The lowest BCUT2D eigenvalue weighted by atomic mass is 9.95. The molecule has 2 heterocycles. The number of carbonyl (C=O) groups is 4. The zero-order chi connectivity index (χ0) is 20.3. The molecule has 1 N–H and O–H groups in total. The number of hydrogen-bond donors (Lipinski definition) is 1. The Balaban J connectivity index is 1.64. The van der Waals surface area contributed by atoms with E-state index in [0.29, 0.717) is 43.9 Å². The topological polar surface area (TPSA) is 96.0 Å². The average Bonchev–Trinajstić information content (AvgIpc) is 2.97. The molecule has 1 aromatic rings. The van der Waals surface area contributed by atoms with Gasteiger partial charge in [0.05, 0.1) is 30.7 Å². The summed E-state index contributed by atoms with van der Waals surface area (Å²) in [6.07, 6.45) is 1.39. The summed E-state index contributed by atoms with van der Waals surface area (Å²) in [5.74, 6) is -0.994. The largest absolute Gasteiger partial charge is 0.466 e. The summed E-state index contributed by atoms with van der Waals surface area (Å²) >= 11 is 0. The van der Waals surface area contributed by atoms with E-state index in [2.05, 4.69) is 5.32 Å². The Bertz CT molecular complexity index is 769. The Kier molecular flexibility index (Phi) is 6.08. The van der Waals surface area contributed by atoms with Gasteiger partial charge in [0.1, 0.15) is 0 Å². The van der Waals surface area contributed by atoms with Crippen molar-refractivity contribution < 1.29 is 23.9 Å². The van der Waals surface area contributed by atoms with E-state index < -0.39 is 6.04 Å². The number of nitrogens with one attached hydrogen (secondary N) is 1. The van der Waals surface area contributed by atoms with Gasteiger partial charge in [-0.2, -0.15) is 0 Å². The van der Waals surface area contributed by atoms with Crippen molar-refractivity contribution in [3.63, 3.8) is 0 Å². The first kappa shape index (κ1) is 20.0. The smallest absolute Gasteiger partial charge is 0.309 e. The second-order valence-electron chi connectivity index (χ2n) is 7.08. The van der Waals surface area contributed by atoms with E-state index in [1.165, 1.54) is 11.8 Å². The highest BCUT2D eigenvalue weighted by atomic mass is 16.5. The first-order valence-electron chi connectivity index (χ1n) is 9.55. The molecule has 0 aliphatic carbocycles. The van der Waals surface area contributed by atoms with Gasteiger partial charge in [0, 0.05) is 12.6 Å². The van der Waals surface area contributed by atoms with Crippen LogP contribution in [0.4, 0.5) is 11.4 Å². The molecule has 0 spiro atoms. The number of nitrogens with zero attached hydrogens (tertiary/aromatic N) is 2. The number of likely N-dealkylation sites (tertiary alicyclic amines) is 1. The molecule has 3 amide bonds. The van der Waals surface area contributed by atoms with Crippen molar-refractivity contribution in [2.24, 2.45) is 5.92 Å². The fraction of sp³-hybridized carbons (Fsp3) is 0.500. The van der Waals surface area contributed by atoms with E-state index >= 15 is 0 Å². The van der Waals surface area contributed by atoms with Crippen LogP contribution in [0.25, 0.3) is 0 Å². The number of imide groups is 1. The molecule has 8 heteroatoms. The first-order chi connectivity index (χ1) is 13.4. The number of ether oxygens (including phenoxy) is 1. The molecule has 1 aromatic carbocycles. The van der Waals surface area contributed by atoms with Gasteiger partial charge in [-0.3, -0.25) is 24.1 Å². The van der Waals surface area contributed by atoms with Gasteiger partial charge in [-0.25, -0.2) is 4.90 Å². The van der Waals surface area contributed by atoms with Crippen LogP contribution in [-0.2, 0) is 23.9 Å². The Morgan fingerprint density at radius 2 is 1.79 bits per heavy atom. The molecule has 0 unspecified atom stereocenters. The Hall–Kier alpha value is -2.74. The van der Waals surface area contributed by atoms with E-state index in [0.717, 1.165) is 0 Å². The van der Waals surface area contributed by atoms with Gasteiger partial charge in [-0.15, -0.1) is 0 Å². The minimum Gasteiger partial charge on any atom is -0.466 e. The lowest BCUT2D eigenvalue weighted by Gasteiger charge is -2.33. The second-order valence-corrected chi connectivity index (χ2v) is 7.08. The van der Waals surface area contributed by atoms with Gasteiger partial charge in [0.2, 0.25) is 11.8 Å². The quantitative estimate of drug-likeness (QED) is 0.608. The van der Waals surface area contributed by atoms with Crippen LogP contribution in [0.1, 0.15) is 33.1 Å². The maximum atomic E-state index is 12.9. The van der Waals surface area contributed by atoms with Gasteiger partial charge in [0.25, 0.3) is 5.91 Å². The first-order valence-corrected chi connectivity index (χ1v) is 9.55. The van der Waals surface area contributed by atoms with Crippen molar-refractivity contribution in [2.75, 3.05) is 29.9 Å². The van der Waals surface area contributed by atoms with E-state index in [9.17, 15) is 19.2 Å². The van der Waals surface area contributed by atoms with Crippen molar-refractivity contribution in [3.8, 4) is 0 Å². The van der Waals surface area contributed by atoms with Gasteiger partial charge in [-0.1, -0.05) is 0 Å². The summed E-state index contributed by atoms with van der Waals surface area (Å²) in [6.45, 7) is 4.74. The zero-order valence-electron chi connectivity index (χ0n) is 16.1. The molecule has 28 heavy (non-hydrogen) atoms. The lowest BCUT2D eigenvalue weighted by Crippen LogP contribution is -2.47. The van der Waals surface area contributed by atoms with Crippen LogP contribution >= 0.6 is 0 Å². The minimum absolute atomic E-state index is 0.135. The number of hydrogen-bond acceptors (Lipinski definition) is 6. The SMILES string of the molecule is CCOC(=O)C1CCN([C@@H]2CC(=O)N(c3ccc(NC(C)=O)cc3)C2=O)CC1. The highest BCUT2D eigenvalue weighted by Gasteiger charge is 2.44. The van der Waals surface area contributed by atoms with Crippen LogP contribution in [0.2, 0.25) is 0 Å². The molecule has 0 aromatic heterocycles. The summed E-state index contributed by atoms with van der Waals surface area (Å²) in [5, 5.41) is 2.65. The number of amides is 3. The Morgan fingerprint density at radius 3 is 2.36 bits per heavy atom. The van der Waals surface area contributed by atoms with Crippen LogP contribution in [0.15, 0.2) is 24.3 Å². The molecule has 0 radical (unpaired) electrons. The molecule has 150 valence electrons. The van der Waals surface area contributed by atoms with Crippen LogP contribution in [-0.4, -0.2) is 54.3 Å². The van der Waals surface area contributed by atoms with E-state index in [4.69, 9.17) is 4.74 Å². The molecular formula is C20H25N3O5. The third-order valence-electron chi connectivity index (χ3n) is 5.16. The number of piperidine rings is 1. The summed E-state index contributed by atoms with van der Waals surface area (Å²) in [4.78, 5) is 51.6. The fourth-order valence-corrected chi connectivity index (χ4v) is 3.78. The molecule has 0 saturated carbocycles. The predicted octanol–water partition coefficient (Wildman–Crippen LogP) is 1.55. The average molecular weight is 387 g/mol. The third kappa shape index (κ3) is 4.22. The van der Waals surface area contributed by atoms with Crippen molar-refractivity contribution in [1.29, 1.82) is 0 Å². The van der Waals surface area contributed by atoms with Crippen LogP contribution in [0.5, 0.6) is 0 Å². The van der Waals surface area contributed by atoms with Crippen LogP contribution < -0.4 is 10.2 Å². The van der Waals surface area contributed by atoms with E-state index in [1.807, 2.05) is 4.90 Å². The maximum absolute atomic E-state index is 12.9. The molecule has 2 aliphatic rings. The third-order valence-corrected chi connectivity index (χ3v) is 5.16. The summed E-state index contributed by atoms with van der Waals surface area (Å²) in [6, 6.07) is 6.13. The number of rotatable bonds is 5. The molecule has 8 nitrogen and oxygen atoms in total. The molecular weight excluding hydrogens is 362 g/mol. The standard InChI is InChI=1S/C20H25N3O5/c1-3-28-20(27)14-8-10-22(11-9-14)17-12-18(25)23(19(17)26)16-6-4-15(5-7-16)21-13(2)24/h4-7,14,17H,3,8-12H2,1-2H3,(H,21,24)/t17-/m1/s1. The second kappa shape index (κ2) is 8.52. The molecule has 2 fully saturated rings. The summed E-state index contributed by atoms with van der Waals surface area (Å²) < 4.78 is 5.08. The fourth-order valence-electron chi connectivity index (χ4n) is 3.78. The molecule has 3 rings (SSSR count). The molecule has 2 saturated heterocycles. The van der Waals surface area contributed by atoms with Crippen molar-refractivity contribution in [2.45, 2.75) is 39.2 Å². The minimum atomic E-state index is -0.495. The Morgan fingerprint density at radius 1 is 1.14 bits per heavy atom. The van der Waals surface area contributed by atoms with E-state index in [1.54, 1.807) is 31.2 Å². The van der Waals surface area contributed by atoms with Gasteiger partial charge in [0.15, 0.2) is 0 Å². The molecule has 1 atom stereocenters. The highest BCUT2D eigenvalue weighted by Crippen LogP contribution is 2.29. The number of anilines is 2. The van der Waals surface area contributed by atoms with Crippen LogP contribution in [0.3, 0.4) is 0 Å². The number of carbonyl (C=O) groups excluding carboxylic acids is 4. The highest BCUT2D eigenvalue weighted by molar-refractivity contribution is 6.22. The van der Waals surface area contributed by atoms with Crippen LogP contribution in [0, 0.1) is 5.92 Å². The van der Waals surface area contributed by atoms with Crippen molar-refractivity contribution in [3.05, 3.63) is 24.3 Å². The Labute approximate surface area is 163 Å². The van der Waals surface area contributed by atoms with Gasteiger partial charge >= 0.3 is 5.97 Å². The lowest BCUT2D eigenvalue weighted by molar-refractivity contribution is -0.150. The number of benzene rings is 1. The van der Waals surface area contributed by atoms with Gasteiger partial charge < -0.3 is 10.1 Å².